The lowest BCUT2D eigenvalue weighted by atomic mass is 10.1. The fourth-order valence-electron chi connectivity index (χ4n) is 2.28. The molecule has 1 aliphatic heterocycles. The van der Waals surface area contributed by atoms with Gasteiger partial charge in [0.25, 0.3) is 0 Å². The van der Waals surface area contributed by atoms with E-state index in [1.807, 2.05) is 53.6 Å². The molecule has 0 fully saturated rings. The van der Waals surface area contributed by atoms with E-state index in [0.29, 0.717) is 11.4 Å². The molecule has 1 aliphatic rings. The first kappa shape index (κ1) is 12.2. The molecule has 0 radical (unpaired) electrons. The number of allylic oxidation sites excluding steroid dienone is 4. The van der Waals surface area contributed by atoms with E-state index < -0.39 is 0 Å². The van der Waals surface area contributed by atoms with Gasteiger partial charge in [-0.15, -0.1) is 0 Å². The van der Waals surface area contributed by atoms with Gasteiger partial charge in [-0.1, -0.05) is 18.2 Å². The number of hydrogen-bond donors (Lipinski definition) is 1. The summed E-state index contributed by atoms with van der Waals surface area (Å²) in [7, 11) is 0. The molecule has 0 bridgehead atoms. The number of imidazole rings is 1. The minimum atomic E-state index is 0.559. The first-order valence-corrected chi connectivity index (χ1v) is 6.54. The van der Waals surface area contributed by atoms with Crippen molar-refractivity contribution in [3.8, 4) is 6.07 Å². The molecule has 20 heavy (non-hydrogen) atoms. The van der Waals surface area contributed by atoms with Crippen LogP contribution in [0, 0.1) is 11.3 Å². The third-order valence-corrected chi connectivity index (χ3v) is 3.28. The molecule has 2 aromatic rings. The standard InChI is InChI=1S/C16H14N4/c1-2-20-10-6-5-9-15(20)12(11-17)16-18-13-7-3-4-8-14(13)19-16/h3-10H,2H2,1H3,(H,18,19). The molecule has 98 valence electrons. The Hall–Kier alpha value is -2.80. The lowest BCUT2D eigenvalue weighted by molar-refractivity contribution is 0.505. The minimum Gasteiger partial charge on any atom is -0.347 e. The van der Waals surface area contributed by atoms with Gasteiger partial charge in [0.2, 0.25) is 0 Å². The Kier molecular flexibility index (Phi) is 3.10. The van der Waals surface area contributed by atoms with Crippen LogP contribution in [0.2, 0.25) is 0 Å². The maximum absolute atomic E-state index is 9.52. The third kappa shape index (κ3) is 1.99. The first-order chi connectivity index (χ1) is 9.83. The van der Waals surface area contributed by atoms with Crippen molar-refractivity contribution in [1.82, 2.24) is 14.9 Å². The highest BCUT2D eigenvalue weighted by atomic mass is 15.1. The molecule has 2 heterocycles. The van der Waals surface area contributed by atoms with Gasteiger partial charge in [0.05, 0.1) is 16.7 Å². The summed E-state index contributed by atoms with van der Waals surface area (Å²) >= 11 is 0. The number of H-pyrrole nitrogens is 1. The smallest absolute Gasteiger partial charge is 0.151 e. The summed E-state index contributed by atoms with van der Waals surface area (Å²) < 4.78 is 0. The molecular formula is C16H14N4. The third-order valence-electron chi connectivity index (χ3n) is 3.28. The average molecular weight is 262 g/mol. The number of likely N-dealkylation sites (N-methyl/N-ethyl adjacent to an activating group) is 1. The lowest BCUT2D eigenvalue weighted by Crippen LogP contribution is -2.18. The van der Waals surface area contributed by atoms with E-state index in [9.17, 15) is 5.26 Å². The fourth-order valence-corrected chi connectivity index (χ4v) is 2.28. The molecule has 0 spiro atoms. The summed E-state index contributed by atoms with van der Waals surface area (Å²) in [6, 6.07) is 10.1. The van der Waals surface area contributed by atoms with E-state index in [1.165, 1.54) is 0 Å². The van der Waals surface area contributed by atoms with E-state index in [1.54, 1.807) is 0 Å². The predicted molar refractivity (Wildman–Crippen MR) is 79.3 cm³/mol. The molecule has 0 saturated carbocycles. The van der Waals surface area contributed by atoms with Crippen LogP contribution in [-0.2, 0) is 0 Å². The Labute approximate surface area is 117 Å². The van der Waals surface area contributed by atoms with E-state index >= 15 is 0 Å². The molecule has 4 heteroatoms. The van der Waals surface area contributed by atoms with Gasteiger partial charge in [0, 0.05) is 12.7 Å². The molecule has 0 atom stereocenters. The topological polar surface area (TPSA) is 55.7 Å². The van der Waals surface area contributed by atoms with Crippen molar-refractivity contribution in [1.29, 1.82) is 5.26 Å². The van der Waals surface area contributed by atoms with Crippen molar-refractivity contribution in [3.63, 3.8) is 0 Å². The number of aromatic amines is 1. The van der Waals surface area contributed by atoms with E-state index in [0.717, 1.165) is 23.3 Å². The Morgan fingerprint density at radius 2 is 2.20 bits per heavy atom. The zero-order valence-corrected chi connectivity index (χ0v) is 11.2. The minimum absolute atomic E-state index is 0.559. The molecule has 0 amide bonds. The van der Waals surface area contributed by atoms with Gasteiger partial charge in [-0.2, -0.15) is 5.26 Å². The first-order valence-electron chi connectivity index (χ1n) is 6.54. The van der Waals surface area contributed by atoms with Crippen LogP contribution in [0.5, 0.6) is 0 Å². The van der Waals surface area contributed by atoms with Crippen molar-refractivity contribution in [3.05, 3.63) is 60.2 Å². The number of fused-ring (bicyclic) bond motifs is 1. The monoisotopic (exact) mass is 262 g/mol. The number of rotatable bonds is 2. The summed E-state index contributed by atoms with van der Waals surface area (Å²) in [6.07, 6.45) is 7.80. The predicted octanol–water partition coefficient (Wildman–Crippen LogP) is 3.20. The van der Waals surface area contributed by atoms with E-state index in [2.05, 4.69) is 23.0 Å². The van der Waals surface area contributed by atoms with Gasteiger partial charge in [0.15, 0.2) is 5.82 Å². The average Bonchev–Trinajstić information content (AvgIpc) is 2.92. The molecule has 0 saturated heterocycles. The summed E-state index contributed by atoms with van der Waals surface area (Å²) in [5.41, 5.74) is 3.24. The molecule has 0 aliphatic carbocycles. The molecular weight excluding hydrogens is 248 g/mol. The van der Waals surface area contributed by atoms with Gasteiger partial charge < -0.3 is 9.88 Å². The summed E-state index contributed by atoms with van der Waals surface area (Å²) in [6.45, 7) is 2.86. The van der Waals surface area contributed by atoms with Crippen LogP contribution >= 0.6 is 0 Å². The van der Waals surface area contributed by atoms with Gasteiger partial charge in [-0.3, -0.25) is 0 Å². The van der Waals surface area contributed by atoms with Crippen LogP contribution in [0.4, 0.5) is 0 Å². The molecule has 4 nitrogen and oxygen atoms in total. The van der Waals surface area contributed by atoms with Crippen LogP contribution < -0.4 is 0 Å². The molecule has 0 unspecified atom stereocenters. The SMILES string of the molecule is CCN1C=CC=CC1=C(C#N)c1nc2ccccc2[nH]1. The van der Waals surface area contributed by atoms with Crippen molar-refractivity contribution in [2.24, 2.45) is 0 Å². The van der Waals surface area contributed by atoms with Crippen LogP contribution in [0.25, 0.3) is 16.6 Å². The quantitative estimate of drug-likeness (QED) is 0.845. The maximum atomic E-state index is 9.52. The second-order valence-electron chi connectivity index (χ2n) is 4.46. The zero-order valence-electron chi connectivity index (χ0n) is 11.2. The highest BCUT2D eigenvalue weighted by Crippen LogP contribution is 2.24. The second-order valence-corrected chi connectivity index (χ2v) is 4.46. The van der Waals surface area contributed by atoms with Crippen LogP contribution in [-0.4, -0.2) is 21.4 Å². The van der Waals surface area contributed by atoms with Crippen molar-refractivity contribution >= 4 is 16.6 Å². The summed E-state index contributed by atoms with van der Waals surface area (Å²) in [4.78, 5) is 9.75. The number of aromatic nitrogens is 2. The van der Waals surface area contributed by atoms with Crippen molar-refractivity contribution < 1.29 is 0 Å². The van der Waals surface area contributed by atoms with Gasteiger partial charge in [-0.05, 0) is 31.2 Å². The second kappa shape index (κ2) is 5.06. The Morgan fingerprint density at radius 3 is 2.95 bits per heavy atom. The Morgan fingerprint density at radius 1 is 1.35 bits per heavy atom. The lowest BCUT2D eigenvalue weighted by Gasteiger charge is -2.22. The van der Waals surface area contributed by atoms with Crippen molar-refractivity contribution in [2.45, 2.75) is 6.92 Å². The van der Waals surface area contributed by atoms with Gasteiger partial charge in [-0.25, -0.2) is 4.98 Å². The number of nitrogens with zero attached hydrogens (tertiary/aromatic N) is 3. The number of benzene rings is 1. The van der Waals surface area contributed by atoms with Crippen LogP contribution in [0.15, 0.2) is 54.4 Å². The van der Waals surface area contributed by atoms with E-state index in [4.69, 9.17) is 0 Å². The van der Waals surface area contributed by atoms with Gasteiger partial charge in [0.1, 0.15) is 11.6 Å². The molecule has 1 N–H and O–H groups in total. The summed E-state index contributed by atoms with van der Waals surface area (Å²) in [5.74, 6) is 0.613. The molecule has 1 aromatic heterocycles. The largest absolute Gasteiger partial charge is 0.347 e. The Balaban J connectivity index is 2.16. The number of nitriles is 1. The van der Waals surface area contributed by atoms with Crippen molar-refractivity contribution in [2.75, 3.05) is 6.54 Å². The fraction of sp³-hybridized carbons (Fsp3) is 0.125. The molecule has 3 rings (SSSR count). The highest BCUT2D eigenvalue weighted by Gasteiger charge is 2.16. The molecule has 1 aromatic carbocycles. The normalized spacial score (nSPS) is 16.5. The number of nitrogens with one attached hydrogen (secondary N) is 1. The van der Waals surface area contributed by atoms with E-state index in [-0.39, 0.29) is 0 Å². The summed E-state index contributed by atoms with van der Waals surface area (Å²) in [5, 5.41) is 9.52. The highest BCUT2D eigenvalue weighted by molar-refractivity contribution is 5.84. The zero-order chi connectivity index (χ0) is 13.9. The maximum Gasteiger partial charge on any atom is 0.151 e. The number of hydrogen-bond acceptors (Lipinski definition) is 3. The van der Waals surface area contributed by atoms with Crippen LogP contribution in [0.1, 0.15) is 12.7 Å². The van der Waals surface area contributed by atoms with Crippen LogP contribution in [0.3, 0.4) is 0 Å². The number of para-hydroxylation sites is 2. The van der Waals surface area contributed by atoms with Gasteiger partial charge >= 0.3 is 0 Å². The Bertz CT molecular complexity index is 738.